The lowest BCUT2D eigenvalue weighted by Crippen LogP contribution is -2.37. The molecule has 1 aromatic carbocycles. The van der Waals surface area contributed by atoms with Crippen LogP contribution in [0.5, 0.6) is 0 Å². The molecule has 1 rings (SSSR count). The molecule has 0 spiro atoms. The number of carbonyl (C=O) groups is 1. The quantitative estimate of drug-likeness (QED) is 0.722. The van der Waals surface area contributed by atoms with Crippen molar-refractivity contribution in [2.24, 2.45) is 0 Å². The van der Waals surface area contributed by atoms with Crippen LogP contribution >= 0.6 is 0 Å². The van der Waals surface area contributed by atoms with Crippen molar-refractivity contribution in [3.8, 4) is 6.07 Å². The van der Waals surface area contributed by atoms with Crippen LogP contribution in [0.4, 0.5) is 0 Å². The molecule has 3 heteroatoms. The van der Waals surface area contributed by atoms with Crippen LogP contribution in [-0.2, 0) is 11.2 Å². The van der Waals surface area contributed by atoms with Crippen LogP contribution in [0.25, 0.3) is 0 Å². The molecule has 96 valence electrons. The molecule has 0 aliphatic rings. The molecule has 0 heterocycles. The van der Waals surface area contributed by atoms with Crippen molar-refractivity contribution in [3.05, 3.63) is 35.9 Å². The fourth-order valence-electron chi connectivity index (χ4n) is 1.87. The van der Waals surface area contributed by atoms with Crippen LogP contribution in [-0.4, -0.2) is 23.4 Å². The average Bonchev–Trinajstić information content (AvgIpc) is 2.36. The van der Waals surface area contributed by atoms with Crippen molar-refractivity contribution in [2.75, 3.05) is 6.54 Å². The van der Waals surface area contributed by atoms with E-state index in [0.29, 0.717) is 6.42 Å². The number of rotatable bonds is 6. The van der Waals surface area contributed by atoms with Crippen molar-refractivity contribution in [1.29, 1.82) is 5.26 Å². The summed E-state index contributed by atoms with van der Waals surface area (Å²) in [7, 11) is 0. The van der Waals surface area contributed by atoms with Crippen LogP contribution < -0.4 is 0 Å². The second kappa shape index (κ2) is 7.50. The number of aryl methyl sites for hydroxylation is 1. The second-order valence-corrected chi connectivity index (χ2v) is 4.61. The van der Waals surface area contributed by atoms with Crippen molar-refractivity contribution >= 4 is 5.91 Å². The van der Waals surface area contributed by atoms with E-state index in [1.807, 2.05) is 38.1 Å². The van der Waals surface area contributed by atoms with Crippen LogP contribution in [0, 0.1) is 11.3 Å². The maximum atomic E-state index is 11.9. The molecule has 0 saturated heterocycles. The summed E-state index contributed by atoms with van der Waals surface area (Å²) in [5, 5.41) is 8.69. The Kier molecular flexibility index (Phi) is 5.93. The summed E-state index contributed by atoms with van der Waals surface area (Å²) in [6.07, 6.45) is 2.25. The van der Waals surface area contributed by atoms with Gasteiger partial charge in [-0.2, -0.15) is 5.26 Å². The van der Waals surface area contributed by atoms with E-state index in [2.05, 4.69) is 12.1 Å². The number of amides is 1. The second-order valence-electron chi connectivity index (χ2n) is 4.61. The molecule has 0 aromatic heterocycles. The monoisotopic (exact) mass is 244 g/mol. The van der Waals surface area contributed by atoms with Crippen molar-refractivity contribution in [1.82, 2.24) is 4.90 Å². The van der Waals surface area contributed by atoms with Gasteiger partial charge in [0.2, 0.25) is 5.91 Å². The third-order valence-electron chi connectivity index (χ3n) is 2.88. The molecule has 18 heavy (non-hydrogen) atoms. The first kappa shape index (κ1) is 14.2. The van der Waals surface area contributed by atoms with Gasteiger partial charge < -0.3 is 4.90 Å². The van der Waals surface area contributed by atoms with Gasteiger partial charge in [-0.05, 0) is 32.3 Å². The first-order chi connectivity index (χ1) is 8.65. The van der Waals surface area contributed by atoms with E-state index in [-0.39, 0.29) is 18.5 Å². The molecule has 0 unspecified atom stereocenters. The molecule has 0 radical (unpaired) electrons. The molecule has 0 aliphatic heterocycles. The van der Waals surface area contributed by atoms with Crippen molar-refractivity contribution in [2.45, 2.75) is 39.2 Å². The zero-order valence-electron chi connectivity index (χ0n) is 11.1. The summed E-state index contributed by atoms with van der Waals surface area (Å²) in [6, 6.07) is 12.3. The third kappa shape index (κ3) is 4.58. The third-order valence-corrected chi connectivity index (χ3v) is 2.88. The molecule has 1 amide bonds. The van der Waals surface area contributed by atoms with E-state index in [1.54, 1.807) is 4.90 Å². The summed E-state index contributed by atoms with van der Waals surface area (Å²) in [5.41, 5.74) is 1.25. The standard InChI is InChI=1S/C15H20N2O/c1-13(2)17(12-11-16)15(18)10-6-9-14-7-4-3-5-8-14/h3-5,7-8,13H,6,9-10,12H2,1-2H3. The smallest absolute Gasteiger partial charge is 0.223 e. The highest BCUT2D eigenvalue weighted by molar-refractivity contribution is 5.76. The number of hydrogen-bond acceptors (Lipinski definition) is 2. The van der Waals surface area contributed by atoms with Crippen molar-refractivity contribution < 1.29 is 4.79 Å². The van der Waals surface area contributed by atoms with E-state index < -0.39 is 0 Å². The molecular formula is C15H20N2O. The summed E-state index contributed by atoms with van der Waals surface area (Å²) in [6.45, 7) is 4.06. The van der Waals surface area contributed by atoms with Crippen LogP contribution in [0.1, 0.15) is 32.3 Å². The topological polar surface area (TPSA) is 44.1 Å². The summed E-state index contributed by atoms with van der Waals surface area (Å²) in [5.74, 6) is 0.0717. The predicted molar refractivity (Wildman–Crippen MR) is 71.8 cm³/mol. The van der Waals surface area contributed by atoms with Gasteiger partial charge in [-0.25, -0.2) is 0 Å². The van der Waals surface area contributed by atoms with E-state index >= 15 is 0 Å². The van der Waals surface area contributed by atoms with Gasteiger partial charge in [0.25, 0.3) is 0 Å². The normalized spacial score (nSPS) is 10.1. The highest BCUT2D eigenvalue weighted by Crippen LogP contribution is 2.08. The Morgan fingerprint density at radius 2 is 2.00 bits per heavy atom. The number of carbonyl (C=O) groups excluding carboxylic acids is 1. The predicted octanol–water partition coefficient (Wildman–Crippen LogP) is 2.77. The molecular weight excluding hydrogens is 224 g/mol. The number of hydrogen-bond donors (Lipinski definition) is 0. The molecule has 0 saturated carbocycles. The number of nitriles is 1. The molecule has 0 bridgehead atoms. The SMILES string of the molecule is CC(C)N(CC#N)C(=O)CCCc1ccccc1. The molecule has 0 atom stereocenters. The fraction of sp³-hybridized carbons (Fsp3) is 0.467. The van der Waals surface area contributed by atoms with Gasteiger partial charge in [0.05, 0.1) is 6.07 Å². The minimum atomic E-state index is 0.0717. The minimum absolute atomic E-state index is 0.0717. The van der Waals surface area contributed by atoms with Gasteiger partial charge in [0, 0.05) is 12.5 Å². The molecule has 0 N–H and O–H groups in total. The van der Waals surface area contributed by atoms with Gasteiger partial charge in [-0.1, -0.05) is 30.3 Å². The highest BCUT2D eigenvalue weighted by Gasteiger charge is 2.15. The van der Waals surface area contributed by atoms with E-state index in [1.165, 1.54) is 5.56 Å². The molecule has 3 nitrogen and oxygen atoms in total. The van der Waals surface area contributed by atoms with Gasteiger partial charge in [-0.3, -0.25) is 4.79 Å². The molecule has 0 aliphatic carbocycles. The summed E-state index contributed by atoms with van der Waals surface area (Å²) < 4.78 is 0. The summed E-state index contributed by atoms with van der Waals surface area (Å²) in [4.78, 5) is 13.6. The van der Waals surface area contributed by atoms with Crippen molar-refractivity contribution in [3.63, 3.8) is 0 Å². The Morgan fingerprint density at radius 1 is 1.33 bits per heavy atom. The Bertz CT molecular complexity index is 406. The van der Waals surface area contributed by atoms with E-state index in [4.69, 9.17) is 5.26 Å². The summed E-state index contributed by atoms with van der Waals surface area (Å²) >= 11 is 0. The Hall–Kier alpha value is -1.82. The fourth-order valence-corrected chi connectivity index (χ4v) is 1.87. The van der Waals surface area contributed by atoms with Crippen LogP contribution in [0.2, 0.25) is 0 Å². The molecule has 1 aromatic rings. The van der Waals surface area contributed by atoms with Gasteiger partial charge in [0.1, 0.15) is 6.54 Å². The lowest BCUT2D eigenvalue weighted by molar-refractivity contribution is -0.132. The first-order valence-electron chi connectivity index (χ1n) is 6.35. The Labute approximate surface area is 109 Å². The largest absolute Gasteiger partial charge is 0.327 e. The first-order valence-corrected chi connectivity index (χ1v) is 6.35. The van der Waals surface area contributed by atoms with Gasteiger partial charge in [0.15, 0.2) is 0 Å². The zero-order chi connectivity index (χ0) is 13.4. The molecule has 0 fully saturated rings. The average molecular weight is 244 g/mol. The van der Waals surface area contributed by atoms with Gasteiger partial charge >= 0.3 is 0 Å². The zero-order valence-corrected chi connectivity index (χ0v) is 11.1. The van der Waals surface area contributed by atoms with Crippen LogP contribution in [0.3, 0.4) is 0 Å². The minimum Gasteiger partial charge on any atom is -0.327 e. The Balaban J connectivity index is 2.38. The van der Waals surface area contributed by atoms with E-state index in [0.717, 1.165) is 12.8 Å². The maximum absolute atomic E-state index is 11.9. The van der Waals surface area contributed by atoms with E-state index in [9.17, 15) is 4.79 Å². The maximum Gasteiger partial charge on any atom is 0.223 e. The van der Waals surface area contributed by atoms with Gasteiger partial charge in [-0.15, -0.1) is 0 Å². The van der Waals surface area contributed by atoms with Crippen LogP contribution in [0.15, 0.2) is 30.3 Å². The Morgan fingerprint density at radius 3 is 2.56 bits per heavy atom. The lowest BCUT2D eigenvalue weighted by atomic mass is 10.1. The number of benzene rings is 1. The lowest BCUT2D eigenvalue weighted by Gasteiger charge is -2.23. The highest BCUT2D eigenvalue weighted by atomic mass is 16.2. The number of nitrogens with zero attached hydrogens (tertiary/aromatic N) is 2.